The van der Waals surface area contributed by atoms with E-state index in [9.17, 15) is 9.59 Å². The molecule has 2 aromatic carbocycles. The van der Waals surface area contributed by atoms with Gasteiger partial charge in [0, 0.05) is 11.8 Å². The normalized spacial score (nSPS) is 21.4. The fraction of sp³-hybridized carbons (Fsp3) is 0.238. The van der Waals surface area contributed by atoms with Gasteiger partial charge in [0.25, 0.3) is 5.91 Å². The van der Waals surface area contributed by atoms with E-state index in [0.717, 1.165) is 22.3 Å². The van der Waals surface area contributed by atoms with Crippen LogP contribution in [0.15, 0.2) is 48.5 Å². The molecule has 5 nitrogen and oxygen atoms in total. The van der Waals surface area contributed by atoms with E-state index in [-0.39, 0.29) is 11.8 Å². The number of carbonyl (C=O) groups is 2. The van der Waals surface area contributed by atoms with Crippen LogP contribution in [0.3, 0.4) is 0 Å². The topological polar surface area (TPSA) is 51.5 Å². The average molecular weight is 346 g/mol. The largest absolute Gasteiger partial charge is 0.497 e. The summed E-state index contributed by atoms with van der Waals surface area (Å²) in [5, 5.41) is 0.938. The molecule has 130 valence electrons. The third-order valence-corrected chi connectivity index (χ3v) is 5.71. The molecule has 5 heteroatoms. The number of methoxy groups -OCH3 is 1. The van der Waals surface area contributed by atoms with E-state index < -0.39 is 5.54 Å². The molecule has 1 fully saturated rings. The van der Waals surface area contributed by atoms with Crippen molar-refractivity contribution in [3.05, 3.63) is 59.8 Å². The highest BCUT2D eigenvalue weighted by molar-refractivity contribution is 6.12. The van der Waals surface area contributed by atoms with E-state index in [4.69, 9.17) is 4.74 Å². The zero-order chi connectivity index (χ0) is 18.1. The van der Waals surface area contributed by atoms with E-state index in [1.165, 1.54) is 0 Å². The van der Waals surface area contributed by atoms with E-state index >= 15 is 0 Å². The first kappa shape index (κ1) is 15.2. The van der Waals surface area contributed by atoms with Gasteiger partial charge in [0.1, 0.15) is 5.75 Å². The van der Waals surface area contributed by atoms with Crippen molar-refractivity contribution in [2.75, 3.05) is 12.0 Å². The third kappa shape index (κ3) is 1.75. The third-order valence-electron chi connectivity index (χ3n) is 5.71. The number of benzene rings is 2. The molecular weight excluding hydrogens is 328 g/mol. The van der Waals surface area contributed by atoms with Gasteiger partial charge in [-0.25, -0.2) is 0 Å². The number of aromatic nitrogens is 1. The summed E-state index contributed by atoms with van der Waals surface area (Å²) in [7, 11) is 1.63. The monoisotopic (exact) mass is 346 g/mol. The molecule has 3 aromatic rings. The minimum absolute atomic E-state index is 0.0593. The molecule has 0 aliphatic carbocycles. The number of ether oxygens (including phenoxy) is 1. The van der Waals surface area contributed by atoms with Crippen LogP contribution >= 0.6 is 0 Å². The first-order chi connectivity index (χ1) is 12.5. The van der Waals surface area contributed by atoms with Crippen molar-refractivity contribution < 1.29 is 14.3 Å². The smallest absolute Gasteiger partial charge is 0.264 e. The number of carbonyl (C=O) groups excluding carboxylic acids is 2. The van der Waals surface area contributed by atoms with Gasteiger partial charge in [0.15, 0.2) is 0 Å². The Balaban J connectivity index is 1.90. The highest BCUT2D eigenvalue weighted by Gasteiger charge is 2.49. The SMILES string of the molecule is COc1ccc2c(c1)cc1n2C(=O)c2ccccc2N2C(=O)CCC12C. The Morgan fingerprint density at radius 2 is 1.88 bits per heavy atom. The molecule has 0 bridgehead atoms. The fourth-order valence-corrected chi connectivity index (χ4v) is 4.40. The Labute approximate surface area is 150 Å². The lowest BCUT2D eigenvalue weighted by Crippen LogP contribution is -2.41. The molecule has 5 rings (SSSR count). The van der Waals surface area contributed by atoms with Gasteiger partial charge in [-0.15, -0.1) is 0 Å². The summed E-state index contributed by atoms with van der Waals surface area (Å²) in [6.07, 6.45) is 1.16. The van der Waals surface area contributed by atoms with Crippen LogP contribution < -0.4 is 9.64 Å². The molecule has 1 saturated heterocycles. The number of anilines is 1. The van der Waals surface area contributed by atoms with Crippen molar-refractivity contribution >= 4 is 28.4 Å². The molecule has 1 unspecified atom stereocenters. The second kappa shape index (κ2) is 4.97. The summed E-state index contributed by atoms with van der Waals surface area (Å²) in [5.74, 6) is 0.707. The maximum Gasteiger partial charge on any atom is 0.264 e. The van der Waals surface area contributed by atoms with Gasteiger partial charge in [-0.3, -0.25) is 14.2 Å². The Kier molecular flexibility index (Phi) is 2.91. The van der Waals surface area contributed by atoms with E-state index in [1.54, 1.807) is 17.7 Å². The molecule has 0 saturated carbocycles. The summed E-state index contributed by atoms with van der Waals surface area (Å²) < 4.78 is 7.10. The lowest BCUT2D eigenvalue weighted by atomic mass is 9.94. The van der Waals surface area contributed by atoms with Gasteiger partial charge in [-0.1, -0.05) is 12.1 Å². The van der Waals surface area contributed by atoms with Crippen molar-refractivity contribution in [1.82, 2.24) is 4.57 Å². The first-order valence-electron chi connectivity index (χ1n) is 8.71. The summed E-state index contributed by atoms with van der Waals surface area (Å²) in [6, 6.07) is 15.1. The average Bonchev–Trinajstić information content (AvgIpc) is 3.17. The zero-order valence-corrected chi connectivity index (χ0v) is 14.7. The Hall–Kier alpha value is -3.08. The van der Waals surface area contributed by atoms with E-state index in [2.05, 4.69) is 6.92 Å². The van der Waals surface area contributed by atoms with Gasteiger partial charge >= 0.3 is 0 Å². The van der Waals surface area contributed by atoms with Crippen LogP contribution in [0.25, 0.3) is 10.9 Å². The Morgan fingerprint density at radius 3 is 2.69 bits per heavy atom. The maximum atomic E-state index is 13.4. The predicted molar refractivity (Wildman–Crippen MR) is 98.7 cm³/mol. The molecule has 0 radical (unpaired) electrons. The van der Waals surface area contributed by atoms with Crippen molar-refractivity contribution in [3.8, 4) is 5.75 Å². The summed E-state index contributed by atoms with van der Waals surface area (Å²) in [5.41, 5.74) is 2.40. The van der Waals surface area contributed by atoms with Gasteiger partial charge in [0.05, 0.1) is 35.1 Å². The molecule has 2 aliphatic rings. The fourth-order valence-electron chi connectivity index (χ4n) is 4.40. The number of amides is 1. The number of hydrogen-bond acceptors (Lipinski definition) is 3. The highest BCUT2D eigenvalue weighted by Crippen LogP contribution is 2.47. The minimum Gasteiger partial charge on any atom is -0.497 e. The number of rotatable bonds is 1. The maximum absolute atomic E-state index is 13.4. The van der Waals surface area contributed by atoms with Gasteiger partial charge in [-0.05, 0) is 49.7 Å². The molecular formula is C21H18N2O3. The quantitative estimate of drug-likeness (QED) is 0.675. The number of fused-ring (bicyclic) bond motifs is 7. The number of hydrogen-bond donors (Lipinski definition) is 0. The second-order valence-electron chi connectivity index (χ2n) is 7.12. The van der Waals surface area contributed by atoms with Crippen molar-refractivity contribution in [2.24, 2.45) is 0 Å². The van der Waals surface area contributed by atoms with E-state index in [1.807, 2.05) is 47.4 Å². The minimum atomic E-state index is -0.550. The summed E-state index contributed by atoms with van der Waals surface area (Å²) in [6.45, 7) is 2.05. The predicted octanol–water partition coefficient (Wildman–Crippen LogP) is 3.69. The van der Waals surface area contributed by atoms with Crippen LogP contribution in [0, 0.1) is 0 Å². The first-order valence-corrected chi connectivity index (χ1v) is 8.71. The summed E-state index contributed by atoms with van der Waals surface area (Å²) >= 11 is 0. The Morgan fingerprint density at radius 1 is 1.08 bits per heavy atom. The van der Waals surface area contributed by atoms with Crippen LogP contribution in [0.4, 0.5) is 5.69 Å². The van der Waals surface area contributed by atoms with Gasteiger partial charge in [0.2, 0.25) is 5.91 Å². The molecule has 3 heterocycles. The molecule has 0 N–H and O–H groups in total. The van der Waals surface area contributed by atoms with Crippen molar-refractivity contribution in [3.63, 3.8) is 0 Å². The zero-order valence-electron chi connectivity index (χ0n) is 14.7. The van der Waals surface area contributed by atoms with Gasteiger partial charge in [-0.2, -0.15) is 0 Å². The second-order valence-corrected chi connectivity index (χ2v) is 7.12. The molecule has 1 amide bonds. The highest BCUT2D eigenvalue weighted by atomic mass is 16.5. The number of para-hydroxylation sites is 1. The lowest BCUT2D eigenvalue weighted by Gasteiger charge is -2.34. The molecule has 1 atom stereocenters. The van der Waals surface area contributed by atoms with Crippen LogP contribution in [0.2, 0.25) is 0 Å². The molecule has 26 heavy (non-hydrogen) atoms. The van der Waals surface area contributed by atoms with Crippen LogP contribution in [0.1, 0.15) is 35.8 Å². The lowest BCUT2D eigenvalue weighted by molar-refractivity contribution is -0.117. The summed E-state index contributed by atoms with van der Waals surface area (Å²) in [4.78, 5) is 28.0. The van der Waals surface area contributed by atoms with Crippen LogP contribution in [-0.4, -0.2) is 23.5 Å². The Bertz CT molecular complexity index is 1100. The van der Waals surface area contributed by atoms with Gasteiger partial charge < -0.3 is 9.64 Å². The van der Waals surface area contributed by atoms with Crippen LogP contribution in [-0.2, 0) is 10.3 Å². The van der Waals surface area contributed by atoms with Crippen molar-refractivity contribution in [2.45, 2.75) is 25.3 Å². The standard InChI is InChI=1S/C21H18N2O3/c1-21-10-9-19(24)23(21)17-6-4-3-5-15(17)20(25)22-16-8-7-14(26-2)11-13(16)12-18(21)22/h3-8,11-12H,9-10H2,1-2H3. The van der Waals surface area contributed by atoms with E-state index in [0.29, 0.717) is 24.1 Å². The van der Waals surface area contributed by atoms with Crippen molar-refractivity contribution in [1.29, 1.82) is 0 Å². The molecule has 1 aromatic heterocycles. The molecule has 2 aliphatic heterocycles. The molecule has 0 spiro atoms. The van der Waals surface area contributed by atoms with Crippen LogP contribution in [0.5, 0.6) is 5.75 Å². The number of nitrogens with zero attached hydrogens (tertiary/aromatic N) is 2.